The van der Waals surface area contributed by atoms with Crippen LogP contribution < -0.4 is 11.2 Å². The van der Waals surface area contributed by atoms with Gasteiger partial charge in [0.05, 0.1) is 11.9 Å². The Morgan fingerprint density at radius 2 is 2.27 bits per heavy atom. The van der Waals surface area contributed by atoms with Crippen LogP contribution in [0.15, 0.2) is 35.4 Å². The molecule has 0 aliphatic rings. The van der Waals surface area contributed by atoms with E-state index in [2.05, 4.69) is 27.7 Å². The number of H-pyrrole nitrogens is 1. The van der Waals surface area contributed by atoms with Gasteiger partial charge in [0, 0.05) is 10.9 Å². The van der Waals surface area contributed by atoms with E-state index in [4.69, 9.17) is 5.73 Å². The molecule has 2 rings (SSSR count). The molecular weight excluding hydrogens is 208 g/mol. The molecule has 0 spiro atoms. The molecule has 76 valence electrons. The van der Waals surface area contributed by atoms with Gasteiger partial charge in [0.2, 0.25) is 0 Å². The largest absolute Gasteiger partial charge is 0.375 e. The molecule has 5 heteroatoms. The first kappa shape index (κ1) is 9.67. The van der Waals surface area contributed by atoms with Crippen molar-refractivity contribution in [2.24, 2.45) is 10.8 Å². The second-order valence-electron chi connectivity index (χ2n) is 3.05. The Balaban J connectivity index is 2.22. The molecule has 0 radical (unpaired) electrons. The standard InChI is InChI=1S/C10H10N4S/c11-10(15)14-12-6-8-5-7-3-1-2-4-9(7)13-8/h1-6,13H,(H3,11,14,15)/b12-6+. The van der Waals surface area contributed by atoms with Crippen molar-refractivity contribution in [3.8, 4) is 0 Å². The zero-order chi connectivity index (χ0) is 10.7. The Kier molecular flexibility index (Phi) is 2.64. The number of nitrogens with one attached hydrogen (secondary N) is 2. The molecule has 0 amide bonds. The van der Waals surface area contributed by atoms with Gasteiger partial charge in [0.15, 0.2) is 5.11 Å². The molecule has 4 N–H and O–H groups in total. The van der Waals surface area contributed by atoms with E-state index in [1.54, 1.807) is 6.21 Å². The molecule has 0 aliphatic carbocycles. The molecule has 0 atom stereocenters. The third kappa shape index (κ3) is 2.32. The summed E-state index contributed by atoms with van der Waals surface area (Å²) in [5, 5.41) is 5.17. The normalized spacial score (nSPS) is 10.9. The molecule has 0 unspecified atom stereocenters. The lowest BCUT2D eigenvalue weighted by Gasteiger charge is -1.91. The first-order valence-corrected chi connectivity index (χ1v) is 4.83. The van der Waals surface area contributed by atoms with Gasteiger partial charge < -0.3 is 10.7 Å². The maximum absolute atomic E-state index is 5.23. The number of hydrogen-bond donors (Lipinski definition) is 3. The van der Waals surface area contributed by atoms with Crippen LogP contribution in [0, 0.1) is 0 Å². The van der Waals surface area contributed by atoms with Crippen molar-refractivity contribution in [2.45, 2.75) is 0 Å². The van der Waals surface area contributed by atoms with Crippen molar-refractivity contribution in [3.05, 3.63) is 36.0 Å². The summed E-state index contributed by atoms with van der Waals surface area (Å²) in [6.07, 6.45) is 1.64. The van der Waals surface area contributed by atoms with Crippen LogP contribution >= 0.6 is 12.2 Å². The van der Waals surface area contributed by atoms with Crippen LogP contribution in [0.4, 0.5) is 0 Å². The van der Waals surface area contributed by atoms with Gasteiger partial charge in [-0.25, -0.2) is 0 Å². The lowest BCUT2D eigenvalue weighted by Crippen LogP contribution is -2.23. The average Bonchev–Trinajstić information content (AvgIpc) is 2.59. The lowest BCUT2D eigenvalue weighted by atomic mass is 10.2. The minimum Gasteiger partial charge on any atom is -0.375 e. The van der Waals surface area contributed by atoms with Crippen LogP contribution in [0.2, 0.25) is 0 Å². The highest BCUT2D eigenvalue weighted by molar-refractivity contribution is 7.80. The molecule has 0 bridgehead atoms. The molecule has 2 aromatic rings. The Hall–Kier alpha value is -1.88. The van der Waals surface area contributed by atoms with Crippen LogP contribution in [0.3, 0.4) is 0 Å². The number of fused-ring (bicyclic) bond motifs is 1. The van der Waals surface area contributed by atoms with Gasteiger partial charge in [-0.05, 0) is 24.4 Å². The Morgan fingerprint density at radius 1 is 1.47 bits per heavy atom. The smallest absolute Gasteiger partial charge is 0.184 e. The first-order chi connectivity index (χ1) is 7.25. The number of nitrogens with zero attached hydrogens (tertiary/aromatic N) is 1. The number of rotatable bonds is 2. The van der Waals surface area contributed by atoms with E-state index in [-0.39, 0.29) is 5.11 Å². The van der Waals surface area contributed by atoms with E-state index in [9.17, 15) is 0 Å². The number of benzene rings is 1. The Morgan fingerprint density at radius 3 is 3.00 bits per heavy atom. The SMILES string of the molecule is NC(=S)N/N=C/c1cc2ccccc2[nH]1. The highest BCUT2D eigenvalue weighted by Gasteiger charge is 1.96. The number of aromatic amines is 1. The Labute approximate surface area is 92.2 Å². The van der Waals surface area contributed by atoms with Crippen LogP contribution in [-0.2, 0) is 0 Å². The van der Waals surface area contributed by atoms with Gasteiger partial charge in [-0.1, -0.05) is 18.2 Å². The van der Waals surface area contributed by atoms with E-state index < -0.39 is 0 Å². The number of hydrazone groups is 1. The molecule has 1 aromatic heterocycles. The zero-order valence-corrected chi connectivity index (χ0v) is 8.71. The molecule has 1 heterocycles. The minimum atomic E-state index is 0.155. The average molecular weight is 218 g/mol. The molecule has 0 fully saturated rings. The summed E-state index contributed by atoms with van der Waals surface area (Å²) >= 11 is 4.62. The number of hydrogen-bond acceptors (Lipinski definition) is 2. The highest BCUT2D eigenvalue weighted by atomic mass is 32.1. The summed E-state index contributed by atoms with van der Waals surface area (Å²) in [7, 11) is 0. The summed E-state index contributed by atoms with van der Waals surface area (Å²) < 4.78 is 0. The van der Waals surface area contributed by atoms with Crippen LogP contribution in [0.1, 0.15) is 5.69 Å². The van der Waals surface area contributed by atoms with E-state index in [0.717, 1.165) is 16.6 Å². The van der Waals surface area contributed by atoms with Gasteiger partial charge in [0.1, 0.15) is 0 Å². The number of para-hydroxylation sites is 1. The Bertz CT molecular complexity index is 482. The van der Waals surface area contributed by atoms with Gasteiger partial charge in [-0.2, -0.15) is 5.10 Å². The van der Waals surface area contributed by atoms with E-state index in [1.165, 1.54) is 0 Å². The van der Waals surface area contributed by atoms with Gasteiger partial charge in [-0.3, -0.25) is 5.43 Å². The predicted octanol–water partition coefficient (Wildman–Crippen LogP) is 1.34. The number of thiocarbonyl (C=S) groups is 1. The summed E-state index contributed by atoms with van der Waals surface area (Å²) in [5.74, 6) is 0. The van der Waals surface area contributed by atoms with E-state index in [0.29, 0.717) is 0 Å². The summed E-state index contributed by atoms with van der Waals surface area (Å²) in [4.78, 5) is 3.20. The fourth-order valence-electron chi connectivity index (χ4n) is 1.33. The third-order valence-electron chi connectivity index (χ3n) is 1.93. The summed E-state index contributed by atoms with van der Waals surface area (Å²) in [6, 6.07) is 10.0. The van der Waals surface area contributed by atoms with Gasteiger partial charge in [0.25, 0.3) is 0 Å². The van der Waals surface area contributed by atoms with Gasteiger partial charge >= 0.3 is 0 Å². The molecule has 15 heavy (non-hydrogen) atoms. The van der Waals surface area contributed by atoms with Crippen molar-refractivity contribution in [1.82, 2.24) is 10.4 Å². The maximum Gasteiger partial charge on any atom is 0.184 e. The fourth-order valence-corrected chi connectivity index (χ4v) is 1.38. The second kappa shape index (κ2) is 4.10. The molecule has 4 nitrogen and oxygen atoms in total. The van der Waals surface area contributed by atoms with E-state index >= 15 is 0 Å². The third-order valence-corrected chi connectivity index (χ3v) is 2.02. The van der Waals surface area contributed by atoms with Crippen molar-refractivity contribution in [1.29, 1.82) is 0 Å². The molecule has 1 aromatic carbocycles. The van der Waals surface area contributed by atoms with E-state index in [1.807, 2.05) is 30.3 Å². The van der Waals surface area contributed by atoms with Crippen molar-refractivity contribution >= 4 is 34.4 Å². The van der Waals surface area contributed by atoms with Crippen molar-refractivity contribution in [3.63, 3.8) is 0 Å². The first-order valence-electron chi connectivity index (χ1n) is 4.42. The van der Waals surface area contributed by atoms with Crippen molar-refractivity contribution in [2.75, 3.05) is 0 Å². The highest BCUT2D eigenvalue weighted by Crippen LogP contribution is 2.12. The number of nitrogens with two attached hydrogens (primary N) is 1. The minimum absolute atomic E-state index is 0.155. The molecule has 0 aliphatic heterocycles. The monoisotopic (exact) mass is 218 g/mol. The zero-order valence-electron chi connectivity index (χ0n) is 7.90. The second-order valence-corrected chi connectivity index (χ2v) is 3.49. The molecule has 0 saturated carbocycles. The maximum atomic E-state index is 5.23. The van der Waals surface area contributed by atoms with Crippen LogP contribution in [0.5, 0.6) is 0 Å². The number of aromatic nitrogens is 1. The topological polar surface area (TPSA) is 66.2 Å². The van der Waals surface area contributed by atoms with Crippen molar-refractivity contribution < 1.29 is 0 Å². The quantitative estimate of drug-likeness (QED) is 0.405. The summed E-state index contributed by atoms with van der Waals surface area (Å²) in [5.41, 5.74) is 9.71. The summed E-state index contributed by atoms with van der Waals surface area (Å²) in [6.45, 7) is 0. The fraction of sp³-hybridized carbons (Fsp3) is 0. The van der Waals surface area contributed by atoms with Gasteiger partial charge in [-0.15, -0.1) is 0 Å². The lowest BCUT2D eigenvalue weighted by molar-refractivity contribution is 1.04. The predicted molar refractivity (Wildman–Crippen MR) is 65.8 cm³/mol. The molecular formula is C10H10N4S. The van der Waals surface area contributed by atoms with Crippen LogP contribution in [-0.4, -0.2) is 16.3 Å². The molecule has 0 saturated heterocycles. The van der Waals surface area contributed by atoms with Crippen LogP contribution in [0.25, 0.3) is 10.9 Å².